The van der Waals surface area contributed by atoms with E-state index >= 15 is 0 Å². The smallest absolute Gasteiger partial charge is 0.309 e. The molecule has 110 valence electrons. The van der Waals surface area contributed by atoms with Gasteiger partial charge in [0.15, 0.2) is 0 Å². The first-order valence-corrected chi connectivity index (χ1v) is 6.40. The fraction of sp³-hybridized carbons (Fsp3) is 0.467. The molecule has 1 amide bonds. The van der Waals surface area contributed by atoms with Gasteiger partial charge < -0.3 is 10.0 Å². The molecule has 0 spiro atoms. The third kappa shape index (κ3) is 3.56. The van der Waals surface area contributed by atoms with Gasteiger partial charge in [-0.2, -0.15) is 0 Å². The van der Waals surface area contributed by atoms with Crippen LogP contribution >= 0.6 is 0 Å². The van der Waals surface area contributed by atoms with E-state index in [0.29, 0.717) is 5.56 Å². The number of hydrogen-bond acceptors (Lipinski definition) is 2. The Morgan fingerprint density at radius 3 is 2.40 bits per heavy atom. The van der Waals surface area contributed by atoms with E-state index in [-0.39, 0.29) is 18.1 Å². The summed E-state index contributed by atoms with van der Waals surface area (Å²) < 4.78 is 13.7. The van der Waals surface area contributed by atoms with Gasteiger partial charge in [-0.3, -0.25) is 9.59 Å². The van der Waals surface area contributed by atoms with Crippen LogP contribution in [0, 0.1) is 11.2 Å². The molecule has 0 fully saturated rings. The molecule has 0 aliphatic carbocycles. The number of carbonyl (C=O) groups excluding carboxylic acids is 1. The third-order valence-corrected chi connectivity index (χ3v) is 3.50. The topological polar surface area (TPSA) is 57.6 Å². The van der Waals surface area contributed by atoms with Crippen molar-refractivity contribution in [2.24, 2.45) is 5.41 Å². The predicted molar refractivity (Wildman–Crippen MR) is 73.6 cm³/mol. The maximum Gasteiger partial charge on any atom is 0.309 e. The summed E-state index contributed by atoms with van der Waals surface area (Å²) >= 11 is 0. The van der Waals surface area contributed by atoms with Gasteiger partial charge in [-0.05, 0) is 26.8 Å². The van der Waals surface area contributed by atoms with E-state index in [1.165, 1.54) is 24.8 Å². The molecule has 0 aliphatic heterocycles. The lowest BCUT2D eigenvalue weighted by Crippen LogP contribution is -2.36. The Labute approximate surface area is 118 Å². The van der Waals surface area contributed by atoms with Crippen molar-refractivity contribution in [2.75, 3.05) is 7.05 Å². The van der Waals surface area contributed by atoms with Crippen LogP contribution in [0.25, 0.3) is 0 Å². The van der Waals surface area contributed by atoms with Gasteiger partial charge in [0.25, 0.3) is 0 Å². The molecule has 0 saturated heterocycles. The fourth-order valence-electron chi connectivity index (χ4n) is 1.82. The highest BCUT2D eigenvalue weighted by atomic mass is 19.1. The Hall–Kier alpha value is -1.91. The fourth-order valence-corrected chi connectivity index (χ4v) is 1.82. The monoisotopic (exact) mass is 281 g/mol. The molecule has 1 N–H and O–H groups in total. The van der Waals surface area contributed by atoms with Crippen molar-refractivity contribution in [3.63, 3.8) is 0 Å². The minimum atomic E-state index is -1.14. The number of nitrogens with zero attached hydrogens (tertiary/aromatic N) is 1. The van der Waals surface area contributed by atoms with E-state index in [1.807, 2.05) is 0 Å². The van der Waals surface area contributed by atoms with E-state index < -0.39 is 17.4 Å². The number of benzene rings is 1. The van der Waals surface area contributed by atoms with Crippen LogP contribution in [0.5, 0.6) is 0 Å². The first kappa shape index (κ1) is 16.1. The van der Waals surface area contributed by atoms with Gasteiger partial charge in [-0.25, -0.2) is 4.39 Å². The number of rotatable bonds is 5. The van der Waals surface area contributed by atoms with E-state index in [1.54, 1.807) is 32.2 Å². The summed E-state index contributed by atoms with van der Waals surface area (Å²) in [6.07, 6.45) is -0.127. The second-order valence-electron chi connectivity index (χ2n) is 5.57. The van der Waals surface area contributed by atoms with Gasteiger partial charge in [0.1, 0.15) is 5.82 Å². The molecule has 1 rings (SSSR count). The number of aliphatic carboxylic acids is 1. The summed E-state index contributed by atoms with van der Waals surface area (Å²) in [5.74, 6) is -1.73. The van der Waals surface area contributed by atoms with Gasteiger partial charge in [0, 0.05) is 19.0 Å². The molecule has 0 saturated carbocycles. The van der Waals surface area contributed by atoms with Gasteiger partial charge in [0.05, 0.1) is 11.5 Å². The molecule has 0 aromatic heterocycles. The Bertz CT molecular complexity index is 514. The maximum absolute atomic E-state index is 13.7. The van der Waals surface area contributed by atoms with Gasteiger partial charge >= 0.3 is 5.97 Å². The highest BCUT2D eigenvalue weighted by Crippen LogP contribution is 2.26. The summed E-state index contributed by atoms with van der Waals surface area (Å²) in [5, 5.41) is 9.04. The second kappa shape index (κ2) is 6.03. The average molecular weight is 281 g/mol. The molecular weight excluding hydrogens is 261 g/mol. The molecule has 0 bridgehead atoms. The quantitative estimate of drug-likeness (QED) is 0.903. The van der Waals surface area contributed by atoms with E-state index in [9.17, 15) is 14.0 Å². The normalized spacial score (nSPS) is 12.8. The minimum absolute atomic E-state index is 0.127. The SMILES string of the molecule is CC(c1ccccc1F)N(C)C(=O)CC(C)(C)C(=O)O. The van der Waals surface area contributed by atoms with Crippen molar-refractivity contribution in [1.82, 2.24) is 4.90 Å². The summed E-state index contributed by atoms with van der Waals surface area (Å²) in [6, 6.07) is 5.79. The van der Waals surface area contributed by atoms with Gasteiger partial charge in [0.2, 0.25) is 5.91 Å². The van der Waals surface area contributed by atoms with Crippen molar-refractivity contribution < 1.29 is 19.1 Å². The van der Waals surface area contributed by atoms with Crippen molar-refractivity contribution in [1.29, 1.82) is 0 Å². The highest BCUT2D eigenvalue weighted by molar-refractivity contribution is 5.84. The molecule has 1 aromatic carbocycles. The summed E-state index contributed by atoms with van der Waals surface area (Å²) in [6.45, 7) is 4.70. The van der Waals surface area contributed by atoms with Crippen molar-refractivity contribution in [2.45, 2.75) is 33.2 Å². The number of halogens is 1. The van der Waals surface area contributed by atoms with Crippen LogP contribution in [-0.2, 0) is 9.59 Å². The van der Waals surface area contributed by atoms with Crippen LogP contribution in [0.1, 0.15) is 38.8 Å². The molecule has 5 heteroatoms. The van der Waals surface area contributed by atoms with Crippen LogP contribution < -0.4 is 0 Å². The molecular formula is C15H20FNO3. The predicted octanol–water partition coefficient (Wildman–Crippen LogP) is 2.85. The largest absolute Gasteiger partial charge is 0.481 e. The Morgan fingerprint density at radius 2 is 1.90 bits per heavy atom. The zero-order chi connectivity index (χ0) is 15.5. The third-order valence-electron chi connectivity index (χ3n) is 3.50. The standard InChI is InChI=1S/C15H20FNO3/c1-10(11-7-5-6-8-12(11)16)17(4)13(18)9-15(2,3)14(19)20/h5-8,10H,9H2,1-4H3,(H,19,20). The van der Waals surface area contributed by atoms with Crippen LogP contribution in [-0.4, -0.2) is 28.9 Å². The van der Waals surface area contributed by atoms with Crippen molar-refractivity contribution >= 4 is 11.9 Å². The number of amides is 1. The van der Waals surface area contributed by atoms with Crippen molar-refractivity contribution in [3.05, 3.63) is 35.6 Å². The number of carboxylic acid groups (broad SMARTS) is 1. The van der Waals surface area contributed by atoms with Crippen LogP contribution in [0.2, 0.25) is 0 Å². The van der Waals surface area contributed by atoms with E-state index in [4.69, 9.17) is 5.11 Å². The molecule has 20 heavy (non-hydrogen) atoms. The van der Waals surface area contributed by atoms with Gasteiger partial charge in [-0.15, -0.1) is 0 Å². The Morgan fingerprint density at radius 1 is 1.35 bits per heavy atom. The highest BCUT2D eigenvalue weighted by Gasteiger charge is 2.32. The first-order valence-electron chi connectivity index (χ1n) is 6.40. The van der Waals surface area contributed by atoms with Gasteiger partial charge in [-0.1, -0.05) is 18.2 Å². The summed E-state index contributed by atoms with van der Waals surface area (Å²) in [7, 11) is 1.55. The van der Waals surface area contributed by atoms with Crippen molar-refractivity contribution in [3.8, 4) is 0 Å². The summed E-state index contributed by atoms with van der Waals surface area (Å²) in [4.78, 5) is 24.5. The zero-order valence-corrected chi connectivity index (χ0v) is 12.2. The lowest BCUT2D eigenvalue weighted by atomic mass is 9.88. The van der Waals surface area contributed by atoms with Crippen LogP contribution in [0.3, 0.4) is 0 Å². The first-order chi connectivity index (χ1) is 9.16. The maximum atomic E-state index is 13.7. The number of hydrogen-bond donors (Lipinski definition) is 1. The molecule has 1 aromatic rings. The van der Waals surface area contributed by atoms with Crippen LogP contribution in [0.4, 0.5) is 4.39 Å². The summed E-state index contributed by atoms with van der Waals surface area (Å²) in [5.41, 5.74) is -0.725. The molecule has 0 radical (unpaired) electrons. The number of carboxylic acids is 1. The molecule has 1 unspecified atom stereocenters. The zero-order valence-electron chi connectivity index (χ0n) is 12.2. The van der Waals surface area contributed by atoms with E-state index in [2.05, 4.69) is 0 Å². The Balaban J connectivity index is 2.85. The average Bonchev–Trinajstić information content (AvgIpc) is 2.36. The lowest BCUT2D eigenvalue weighted by Gasteiger charge is -2.28. The molecule has 0 aliphatic rings. The number of carbonyl (C=O) groups is 2. The van der Waals surface area contributed by atoms with Crippen LogP contribution in [0.15, 0.2) is 24.3 Å². The molecule has 0 heterocycles. The molecule has 4 nitrogen and oxygen atoms in total. The minimum Gasteiger partial charge on any atom is -0.481 e. The lowest BCUT2D eigenvalue weighted by molar-refractivity contribution is -0.151. The Kier molecular flexibility index (Phi) is 4.87. The van der Waals surface area contributed by atoms with E-state index in [0.717, 1.165) is 0 Å². The second-order valence-corrected chi connectivity index (χ2v) is 5.57. The molecule has 1 atom stereocenters.